The van der Waals surface area contributed by atoms with Crippen LogP contribution in [0.3, 0.4) is 0 Å². The number of hydrogen-bond acceptors (Lipinski definition) is 8. The molecule has 10 nitrogen and oxygen atoms in total. The molecule has 27 heavy (non-hydrogen) atoms. The second-order valence-electron chi connectivity index (χ2n) is 6.09. The first-order valence-electron chi connectivity index (χ1n) is 8.07. The number of ether oxygens (including phenoxy) is 1. The minimum Gasteiger partial charge on any atom is -0.534 e. The molecule has 2 heterocycles. The van der Waals surface area contributed by atoms with E-state index in [9.17, 15) is 24.5 Å². The van der Waals surface area contributed by atoms with Crippen LogP contribution in [0.15, 0.2) is 12.1 Å². The van der Waals surface area contributed by atoms with E-state index in [-0.39, 0.29) is 35.3 Å². The van der Waals surface area contributed by atoms with Crippen molar-refractivity contribution < 1.29 is 33.9 Å². The third-order valence-electron chi connectivity index (χ3n) is 4.30. The number of carbonyl (C=O) groups is 3. The van der Waals surface area contributed by atoms with Crippen LogP contribution in [0.2, 0.25) is 0 Å². The summed E-state index contributed by atoms with van der Waals surface area (Å²) in [7, 11) is 0.0525. The molecule has 0 radical (unpaired) electrons. The normalized spacial score (nSPS) is 21.4. The maximum Gasteiger partial charge on any atom is 0.536 e. The zero-order valence-corrected chi connectivity index (χ0v) is 15.2. The third kappa shape index (κ3) is 3.82. The van der Waals surface area contributed by atoms with Crippen molar-refractivity contribution in [3.8, 4) is 11.5 Å². The van der Waals surface area contributed by atoms with Gasteiger partial charge in [-0.3, -0.25) is 20.0 Å². The smallest absolute Gasteiger partial charge is 0.534 e. The molecule has 1 fully saturated rings. The highest BCUT2D eigenvalue weighted by Gasteiger charge is 2.39. The molecular formula is C15H18BN3O7S. The Bertz CT molecular complexity index is 793. The summed E-state index contributed by atoms with van der Waals surface area (Å²) in [6.45, 7) is 0.0898. The van der Waals surface area contributed by atoms with Crippen LogP contribution >= 0.6 is 11.8 Å². The summed E-state index contributed by atoms with van der Waals surface area (Å²) in [6.07, 6.45) is 0.310. The number of hydrazine groups is 1. The summed E-state index contributed by atoms with van der Waals surface area (Å²) in [5.41, 5.74) is 8.38. The van der Waals surface area contributed by atoms with Gasteiger partial charge >= 0.3 is 13.1 Å². The third-order valence-corrected chi connectivity index (χ3v) is 5.54. The summed E-state index contributed by atoms with van der Waals surface area (Å²) < 4.78 is 10.5. The molecule has 0 aliphatic carbocycles. The van der Waals surface area contributed by atoms with Crippen molar-refractivity contribution in [2.75, 3.05) is 19.4 Å². The largest absolute Gasteiger partial charge is 0.536 e. The van der Waals surface area contributed by atoms with Crippen molar-refractivity contribution >= 4 is 36.7 Å². The van der Waals surface area contributed by atoms with Crippen LogP contribution in [0, 0.1) is 0 Å². The number of carboxylic acid groups (broad SMARTS) is 1. The van der Waals surface area contributed by atoms with Gasteiger partial charge in [-0.15, -0.1) is 11.8 Å². The number of amides is 2. The van der Waals surface area contributed by atoms with Crippen LogP contribution in [0.4, 0.5) is 0 Å². The maximum absolute atomic E-state index is 12.2. The van der Waals surface area contributed by atoms with Gasteiger partial charge in [0.25, 0.3) is 11.8 Å². The molecule has 5 N–H and O–H groups in total. The molecule has 2 amide bonds. The first kappa shape index (κ1) is 19.3. The van der Waals surface area contributed by atoms with Crippen molar-refractivity contribution in [1.29, 1.82) is 0 Å². The molecule has 12 heteroatoms. The van der Waals surface area contributed by atoms with Gasteiger partial charge in [-0.2, -0.15) is 0 Å². The molecule has 0 saturated carbocycles. The van der Waals surface area contributed by atoms with Gasteiger partial charge in [0.05, 0.1) is 24.6 Å². The van der Waals surface area contributed by atoms with Gasteiger partial charge in [0.15, 0.2) is 0 Å². The number of hydrogen-bond donors (Lipinski definition) is 4. The summed E-state index contributed by atoms with van der Waals surface area (Å²) in [6, 6.07) is 2.44. The molecule has 1 aromatic carbocycles. The van der Waals surface area contributed by atoms with Crippen LogP contribution in [-0.2, 0) is 16.0 Å². The second kappa shape index (κ2) is 7.67. The number of thioether (sulfide) groups is 1. The zero-order chi connectivity index (χ0) is 19.7. The van der Waals surface area contributed by atoms with Crippen LogP contribution in [-0.4, -0.2) is 70.6 Å². The lowest BCUT2D eigenvalue weighted by Crippen LogP contribution is -2.43. The fraction of sp³-hybridized carbons (Fsp3) is 0.400. The lowest BCUT2D eigenvalue weighted by atomic mass is 9.77. The van der Waals surface area contributed by atoms with Crippen molar-refractivity contribution in [1.82, 2.24) is 10.4 Å². The first-order chi connectivity index (χ1) is 12.8. The first-order valence-corrected chi connectivity index (χ1v) is 9.12. The van der Waals surface area contributed by atoms with E-state index in [1.807, 2.05) is 0 Å². The number of aromatic carboxylic acids is 1. The summed E-state index contributed by atoms with van der Waals surface area (Å²) in [5, 5.41) is 20.3. The van der Waals surface area contributed by atoms with Crippen LogP contribution in [0.5, 0.6) is 11.5 Å². The predicted molar refractivity (Wildman–Crippen MR) is 96.3 cm³/mol. The molecule has 1 aromatic rings. The molecule has 2 aliphatic heterocycles. The fourth-order valence-corrected chi connectivity index (χ4v) is 3.92. The number of carboxylic acids is 1. The number of fused-ring (bicyclic) bond motifs is 1. The zero-order valence-electron chi connectivity index (χ0n) is 14.4. The molecule has 2 atom stereocenters. The molecule has 144 valence electrons. The molecular weight excluding hydrogens is 377 g/mol. The number of methoxy groups -OCH3 is 1. The van der Waals surface area contributed by atoms with Gasteiger partial charge in [0, 0.05) is 0 Å². The minimum atomic E-state index is -1.30. The van der Waals surface area contributed by atoms with Gasteiger partial charge in [-0.25, -0.2) is 4.79 Å². The van der Waals surface area contributed by atoms with Crippen LogP contribution in [0.25, 0.3) is 0 Å². The highest BCUT2D eigenvalue weighted by Crippen LogP contribution is 2.38. The molecule has 0 aromatic heterocycles. The average molecular weight is 395 g/mol. The Morgan fingerprint density at radius 3 is 2.85 bits per heavy atom. The Hall–Kier alpha value is -2.44. The van der Waals surface area contributed by atoms with E-state index in [2.05, 4.69) is 5.43 Å². The van der Waals surface area contributed by atoms with E-state index in [1.165, 1.54) is 13.2 Å². The van der Waals surface area contributed by atoms with E-state index in [1.54, 1.807) is 6.07 Å². The Labute approximate surface area is 159 Å². The highest BCUT2D eigenvalue weighted by molar-refractivity contribution is 8.01. The van der Waals surface area contributed by atoms with Gasteiger partial charge in [-0.1, -0.05) is 6.07 Å². The molecule has 0 spiro atoms. The second-order valence-corrected chi connectivity index (χ2v) is 7.31. The average Bonchev–Trinajstić information content (AvgIpc) is 2.97. The lowest BCUT2D eigenvalue weighted by molar-refractivity contribution is -0.133. The topological polar surface area (TPSA) is 151 Å². The minimum absolute atomic E-state index is 0.00460. The predicted octanol–water partition coefficient (Wildman–Crippen LogP) is -1.35. The van der Waals surface area contributed by atoms with Crippen molar-refractivity contribution in [2.45, 2.75) is 17.6 Å². The Morgan fingerprint density at radius 1 is 1.52 bits per heavy atom. The van der Waals surface area contributed by atoms with Crippen LogP contribution in [0.1, 0.15) is 15.9 Å². The number of nitrogens with two attached hydrogens (primary N) is 1. The number of nitrogens with one attached hydrogen (secondary N) is 1. The standard InChI is InChI=1S/C15H18BN3O7S/c1-25-9-3-2-7-4-10(16(24)26-13(7)12(9)15(22)23)27-6-11(20)19-5-8(17)14(21)18-19/h2-3,8,10,24H,4-6,17H2,1H3,(H,18,21)(H,22,23)/t8?,10-/m0/s1. The molecule has 0 bridgehead atoms. The quantitative estimate of drug-likeness (QED) is 0.444. The van der Waals surface area contributed by atoms with Crippen molar-refractivity contribution in [2.24, 2.45) is 5.73 Å². The lowest BCUT2D eigenvalue weighted by Gasteiger charge is -2.28. The summed E-state index contributed by atoms with van der Waals surface area (Å²) in [4.78, 5) is 35.1. The maximum atomic E-state index is 12.2. The Morgan fingerprint density at radius 2 is 2.26 bits per heavy atom. The van der Waals surface area contributed by atoms with E-state index in [4.69, 9.17) is 15.1 Å². The highest BCUT2D eigenvalue weighted by atomic mass is 32.2. The van der Waals surface area contributed by atoms with Crippen molar-refractivity contribution in [3.63, 3.8) is 0 Å². The molecule has 1 saturated heterocycles. The number of nitrogens with zero attached hydrogens (tertiary/aromatic N) is 1. The Kier molecular flexibility index (Phi) is 5.49. The van der Waals surface area contributed by atoms with E-state index >= 15 is 0 Å². The van der Waals surface area contributed by atoms with E-state index < -0.39 is 30.2 Å². The van der Waals surface area contributed by atoms with Gasteiger partial charge in [-0.05, 0) is 18.1 Å². The number of carbonyl (C=O) groups excluding carboxylic acids is 2. The van der Waals surface area contributed by atoms with Gasteiger partial charge in [0.1, 0.15) is 23.1 Å². The molecule has 3 rings (SSSR count). The summed E-state index contributed by atoms with van der Waals surface area (Å²) >= 11 is 1.15. The molecule has 1 unspecified atom stereocenters. The summed E-state index contributed by atoms with van der Waals surface area (Å²) in [5.74, 6) is -1.79. The van der Waals surface area contributed by atoms with Crippen molar-refractivity contribution in [3.05, 3.63) is 23.3 Å². The Balaban J connectivity index is 1.69. The number of benzene rings is 1. The number of rotatable bonds is 5. The SMILES string of the molecule is COc1ccc2c(c1C(=O)O)OB(O)[C@@H](SCC(=O)N1CC(N)C(=O)N1)C2. The van der Waals surface area contributed by atoms with E-state index in [0.717, 1.165) is 16.8 Å². The van der Waals surface area contributed by atoms with E-state index in [0.29, 0.717) is 12.0 Å². The van der Waals surface area contributed by atoms with Gasteiger partial charge < -0.3 is 25.3 Å². The monoisotopic (exact) mass is 395 g/mol. The fourth-order valence-electron chi connectivity index (χ4n) is 2.89. The van der Waals surface area contributed by atoms with Crippen LogP contribution < -0.4 is 20.6 Å². The molecule has 2 aliphatic rings. The van der Waals surface area contributed by atoms with Gasteiger partial charge in [0.2, 0.25) is 0 Å².